The van der Waals surface area contributed by atoms with Crippen molar-refractivity contribution >= 4 is 27.7 Å². The molecule has 2 aromatic heterocycles. The van der Waals surface area contributed by atoms with Gasteiger partial charge in [0.15, 0.2) is 0 Å². The summed E-state index contributed by atoms with van der Waals surface area (Å²) >= 11 is 0. The molecule has 0 spiro atoms. The van der Waals surface area contributed by atoms with Gasteiger partial charge in [-0.25, -0.2) is 23.1 Å². The van der Waals surface area contributed by atoms with Crippen molar-refractivity contribution in [1.29, 1.82) is 0 Å². The average Bonchev–Trinajstić information content (AvgIpc) is 3.00. The Bertz CT molecular complexity index is 1870. The van der Waals surface area contributed by atoms with Gasteiger partial charge >= 0.3 is 0 Å². The number of nitrogens with one attached hydrogen (secondary N) is 1. The van der Waals surface area contributed by atoms with E-state index in [2.05, 4.69) is 54.2 Å². The number of ether oxygens (including phenoxy) is 1. The second-order valence-electron chi connectivity index (χ2n) is 13.7. The molecule has 1 amide bonds. The molecule has 11 heteroatoms. The summed E-state index contributed by atoms with van der Waals surface area (Å²) < 4.78 is 36.3. The number of hydrogen-bond acceptors (Lipinski definition) is 8. The van der Waals surface area contributed by atoms with E-state index in [-0.39, 0.29) is 52.8 Å². The first-order chi connectivity index (χ1) is 22.1. The van der Waals surface area contributed by atoms with Crippen molar-refractivity contribution < 1.29 is 17.9 Å². The Balaban J connectivity index is 1.66. The van der Waals surface area contributed by atoms with Gasteiger partial charge in [-0.3, -0.25) is 4.79 Å². The molecule has 0 radical (unpaired) electrons. The SMILES string of the molecule is Cc1cccc(C)c1-c1cc2nc(n1)NS(=O)(=O)c1cccc(c1)C(=O)N(Cc1cccc(N(C)C(C)C)n1)[C@H](CC(C)(C)C)CO2. The summed E-state index contributed by atoms with van der Waals surface area (Å²) in [6.45, 7) is 14.8. The smallest absolute Gasteiger partial charge is 0.264 e. The van der Waals surface area contributed by atoms with E-state index in [9.17, 15) is 13.2 Å². The van der Waals surface area contributed by atoms with Crippen LogP contribution in [0, 0.1) is 19.3 Å². The van der Waals surface area contributed by atoms with Crippen molar-refractivity contribution in [2.75, 3.05) is 23.3 Å². The Morgan fingerprint density at radius 2 is 1.66 bits per heavy atom. The van der Waals surface area contributed by atoms with Gasteiger partial charge in [0.25, 0.3) is 15.9 Å². The summed E-state index contributed by atoms with van der Waals surface area (Å²) in [4.78, 5) is 32.2. The number of sulfonamides is 1. The Morgan fingerprint density at radius 1 is 0.979 bits per heavy atom. The molecule has 1 aliphatic rings. The lowest BCUT2D eigenvalue weighted by Crippen LogP contribution is -2.45. The second-order valence-corrected chi connectivity index (χ2v) is 15.4. The van der Waals surface area contributed by atoms with E-state index in [1.807, 2.05) is 57.3 Å². The number of benzene rings is 2. The van der Waals surface area contributed by atoms with Crippen LogP contribution in [0.1, 0.15) is 68.2 Å². The molecule has 0 fully saturated rings. The van der Waals surface area contributed by atoms with Crippen LogP contribution in [-0.4, -0.2) is 59.9 Å². The molecule has 4 bridgehead atoms. The summed E-state index contributed by atoms with van der Waals surface area (Å²) in [6.07, 6.45) is 0.599. The Hall–Kier alpha value is -4.51. The molecule has 2 aromatic carbocycles. The van der Waals surface area contributed by atoms with Gasteiger partial charge in [0.1, 0.15) is 12.4 Å². The molecule has 4 aromatic rings. The number of carbonyl (C=O) groups excluding carboxylic acids is 1. The molecule has 3 heterocycles. The Labute approximate surface area is 278 Å². The van der Waals surface area contributed by atoms with E-state index in [0.29, 0.717) is 17.8 Å². The van der Waals surface area contributed by atoms with Gasteiger partial charge in [-0.15, -0.1) is 0 Å². The molecule has 10 nitrogen and oxygen atoms in total. The van der Waals surface area contributed by atoms with E-state index in [1.165, 1.54) is 12.1 Å². The zero-order valence-corrected chi connectivity index (χ0v) is 29.2. The molecule has 1 aliphatic heterocycles. The van der Waals surface area contributed by atoms with Crippen LogP contribution < -0.4 is 14.4 Å². The van der Waals surface area contributed by atoms with Crippen LogP contribution in [0.15, 0.2) is 71.6 Å². The standard InChI is InChI=1S/C36H44N6O4S/c1-23(2)41(8)31-17-11-15-27(37-31)21-42-28(20-36(5,6)7)22-46-32-19-30(33-24(3)12-9-13-25(33)4)38-35(39-32)40-47(44,45)29-16-10-14-26(18-29)34(42)43/h9-19,23,28H,20-22H2,1-8H3,(H,38,39,40)/t28-/m1/s1. The summed E-state index contributed by atoms with van der Waals surface area (Å²) in [5.41, 5.74) is 4.13. The van der Waals surface area contributed by atoms with Gasteiger partial charge in [-0.05, 0) is 81.0 Å². The van der Waals surface area contributed by atoms with Crippen LogP contribution in [0.3, 0.4) is 0 Å². The van der Waals surface area contributed by atoms with Gasteiger partial charge in [0.2, 0.25) is 11.8 Å². The first kappa shape index (κ1) is 33.8. The van der Waals surface area contributed by atoms with Crippen LogP contribution in [0.4, 0.5) is 11.8 Å². The van der Waals surface area contributed by atoms with Crippen molar-refractivity contribution in [3.05, 3.63) is 89.1 Å². The fraction of sp³-hybridized carbons (Fsp3) is 0.389. The highest BCUT2D eigenvalue weighted by molar-refractivity contribution is 7.92. The third-order valence-corrected chi connectivity index (χ3v) is 9.62. The summed E-state index contributed by atoms with van der Waals surface area (Å²) in [5.74, 6) is 0.561. The van der Waals surface area contributed by atoms with Gasteiger partial charge in [-0.1, -0.05) is 51.1 Å². The van der Waals surface area contributed by atoms with Gasteiger partial charge in [0, 0.05) is 30.3 Å². The van der Waals surface area contributed by atoms with E-state index in [4.69, 9.17) is 9.72 Å². The number of hydrogen-bond donors (Lipinski definition) is 1. The van der Waals surface area contributed by atoms with E-state index < -0.39 is 16.1 Å². The maximum atomic E-state index is 14.4. The van der Waals surface area contributed by atoms with Gasteiger partial charge < -0.3 is 14.5 Å². The van der Waals surface area contributed by atoms with Crippen molar-refractivity contribution in [1.82, 2.24) is 19.9 Å². The number of pyridine rings is 1. The highest BCUT2D eigenvalue weighted by atomic mass is 32.2. The molecule has 5 rings (SSSR count). The quantitative estimate of drug-likeness (QED) is 0.246. The van der Waals surface area contributed by atoms with Crippen LogP contribution in [0.5, 0.6) is 5.88 Å². The van der Waals surface area contributed by atoms with Crippen molar-refractivity contribution in [2.24, 2.45) is 5.41 Å². The number of aryl methyl sites for hydroxylation is 2. The van der Waals surface area contributed by atoms with Crippen LogP contribution >= 0.6 is 0 Å². The second kappa shape index (κ2) is 13.3. The van der Waals surface area contributed by atoms with Crippen molar-refractivity contribution in [3.8, 4) is 17.1 Å². The lowest BCUT2D eigenvalue weighted by molar-refractivity contribution is 0.0509. The monoisotopic (exact) mass is 656 g/mol. The predicted molar refractivity (Wildman–Crippen MR) is 185 cm³/mol. The molecule has 1 atom stereocenters. The number of rotatable bonds is 6. The van der Waals surface area contributed by atoms with E-state index >= 15 is 0 Å². The molecular weight excluding hydrogens is 613 g/mol. The fourth-order valence-corrected chi connectivity index (χ4v) is 6.73. The molecule has 0 unspecified atom stereocenters. The third kappa shape index (κ3) is 7.90. The Kier molecular flexibility index (Phi) is 9.58. The van der Waals surface area contributed by atoms with Crippen molar-refractivity contribution in [3.63, 3.8) is 0 Å². The number of amides is 1. The summed E-state index contributed by atoms with van der Waals surface area (Å²) in [7, 11) is -2.18. The molecular formula is C36H44N6O4S. The Morgan fingerprint density at radius 3 is 2.34 bits per heavy atom. The summed E-state index contributed by atoms with van der Waals surface area (Å²) in [5, 5.41) is 0. The van der Waals surface area contributed by atoms with Crippen LogP contribution in [0.2, 0.25) is 0 Å². The van der Waals surface area contributed by atoms with E-state index in [0.717, 1.165) is 22.5 Å². The zero-order chi connectivity index (χ0) is 34.1. The first-order valence-corrected chi connectivity index (χ1v) is 17.3. The molecule has 47 heavy (non-hydrogen) atoms. The minimum absolute atomic E-state index is 0.0721. The number of nitrogens with zero attached hydrogens (tertiary/aromatic N) is 5. The topological polar surface area (TPSA) is 118 Å². The lowest BCUT2D eigenvalue weighted by Gasteiger charge is -2.35. The molecule has 0 saturated heterocycles. The number of carbonyl (C=O) groups is 1. The first-order valence-electron chi connectivity index (χ1n) is 15.8. The van der Waals surface area contributed by atoms with Crippen molar-refractivity contribution in [2.45, 2.75) is 78.4 Å². The highest BCUT2D eigenvalue weighted by Gasteiger charge is 2.32. The van der Waals surface area contributed by atoms with E-state index in [1.54, 1.807) is 23.1 Å². The number of anilines is 2. The molecule has 0 saturated carbocycles. The number of fused-ring (bicyclic) bond motifs is 4. The molecule has 1 N–H and O–H groups in total. The molecule has 0 aliphatic carbocycles. The minimum Gasteiger partial charge on any atom is -0.475 e. The predicted octanol–water partition coefficient (Wildman–Crippen LogP) is 6.64. The summed E-state index contributed by atoms with van der Waals surface area (Å²) in [6, 6.07) is 19.3. The lowest BCUT2D eigenvalue weighted by atomic mass is 9.87. The maximum Gasteiger partial charge on any atom is 0.264 e. The van der Waals surface area contributed by atoms with Gasteiger partial charge in [-0.2, -0.15) is 4.98 Å². The molecule has 248 valence electrons. The normalized spacial score (nSPS) is 16.4. The third-order valence-electron chi connectivity index (χ3n) is 8.29. The fourth-order valence-electron chi connectivity index (χ4n) is 5.74. The largest absolute Gasteiger partial charge is 0.475 e. The zero-order valence-electron chi connectivity index (χ0n) is 28.4. The maximum absolute atomic E-state index is 14.4. The highest BCUT2D eigenvalue weighted by Crippen LogP contribution is 2.32. The average molecular weight is 657 g/mol. The van der Waals surface area contributed by atoms with Gasteiger partial charge in [0.05, 0.1) is 28.9 Å². The number of aromatic nitrogens is 3. The minimum atomic E-state index is -4.16. The van der Waals surface area contributed by atoms with Crippen LogP contribution in [-0.2, 0) is 16.6 Å². The van der Waals surface area contributed by atoms with Crippen LogP contribution in [0.25, 0.3) is 11.3 Å².